The lowest BCUT2D eigenvalue weighted by atomic mass is 9.61. The van der Waals surface area contributed by atoms with Gasteiger partial charge in [0.15, 0.2) is 8.65 Å². The standard InChI is InChI=1S/C17H18Br2O10/c1-26-12(22)8-6-5-7(17(19,10(8)20)15(25)29-4)9(13(23)27-2)11(21)16(6,18)14(24)28-3/h6-7,20-21H,5H2,1-4H3/t6-,7-,16?,17?/m0/s1. The van der Waals surface area contributed by atoms with E-state index in [1.165, 1.54) is 0 Å². The van der Waals surface area contributed by atoms with Crippen LogP contribution >= 0.6 is 31.9 Å². The van der Waals surface area contributed by atoms with Crippen molar-refractivity contribution in [3.05, 3.63) is 22.7 Å². The second-order valence-electron chi connectivity index (χ2n) is 6.26. The Morgan fingerprint density at radius 3 is 1.31 bits per heavy atom. The molecular weight excluding hydrogens is 524 g/mol. The third-order valence-corrected chi connectivity index (χ3v) is 7.61. The Hall–Kier alpha value is -2.08. The van der Waals surface area contributed by atoms with Crippen LogP contribution in [0, 0.1) is 11.8 Å². The normalized spacial score (nSPS) is 31.1. The second-order valence-corrected chi connectivity index (χ2v) is 8.76. The zero-order valence-corrected chi connectivity index (χ0v) is 19.0. The summed E-state index contributed by atoms with van der Waals surface area (Å²) in [7, 11) is 4.15. The minimum Gasteiger partial charge on any atom is -0.510 e. The Kier molecular flexibility index (Phi) is 6.38. The number of aliphatic hydroxyl groups is 2. The molecule has 2 bridgehead atoms. The molecule has 0 aromatic carbocycles. The predicted molar refractivity (Wildman–Crippen MR) is 102 cm³/mol. The largest absolute Gasteiger partial charge is 0.510 e. The Labute approximate surface area is 182 Å². The molecule has 0 fully saturated rings. The third-order valence-electron chi connectivity index (χ3n) is 5.10. The molecule has 0 aromatic rings. The van der Waals surface area contributed by atoms with Crippen LogP contribution in [0.25, 0.3) is 0 Å². The van der Waals surface area contributed by atoms with Crippen LogP contribution in [0.4, 0.5) is 0 Å². The van der Waals surface area contributed by atoms with Crippen LogP contribution in [0.3, 0.4) is 0 Å². The number of esters is 4. The van der Waals surface area contributed by atoms with E-state index in [0.717, 1.165) is 28.4 Å². The number of halogens is 2. The van der Waals surface area contributed by atoms with Gasteiger partial charge in [0.25, 0.3) is 0 Å². The fourth-order valence-corrected chi connectivity index (χ4v) is 5.30. The number of hydrogen-bond donors (Lipinski definition) is 2. The molecule has 2 unspecified atom stereocenters. The molecule has 160 valence electrons. The van der Waals surface area contributed by atoms with E-state index < -0.39 is 67.0 Å². The van der Waals surface area contributed by atoms with Crippen LogP contribution in [0.5, 0.6) is 0 Å². The Morgan fingerprint density at radius 2 is 1.07 bits per heavy atom. The summed E-state index contributed by atoms with van der Waals surface area (Å²) in [5.41, 5.74) is -0.937. The van der Waals surface area contributed by atoms with Crippen molar-refractivity contribution in [3.8, 4) is 0 Å². The highest BCUT2D eigenvalue weighted by molar-refractivity contribution is 9.10. The first kappa shape index (κ1) is 23.2. The van der Waals surface area contributed by atoms with Gasteiger partial charge < -0.3 is 29.2 Å². The molecule has 2 aliphatic rings. The Morgan fingerprint density at radius 1 is 0.759 bits per heavy atom. The van der Waals surface area contributed by atoms with E-state index in [4.69, 9.17) is 18.9 Å². The van der Waals surface area contributed by atoms with E-state index >= 15 is 0 Å². The van der Waals surface area contributed by atoms with Crippen molar-refractivity contribution in [1.82, 2.24) is 0 Å². The lowest BCUT2D eigenvalue weighted by molar-refractivity contribution is -0.147. The highest BCUT2D eigenvalue weighted by atomic mass is 79.9. The molecule has 2 aliphatic carbocycles. The number of carbonyl (C=O) groups is 4. The van der Waals surface area contributed by atoms with Gasteiger partial charge in [0.1, 0.15) is 11.5 Å². The summed E-state index contributed by atoms with van der Waals surface area (Å²) >= 11 is 6.19. The fourth-order valence-electron chi connectivity index (χ4n) is 3.72. The molecule has 0 aliphatic heterocycles. The highest BCUT2D eigenvalue weighted by Gasteiger charge is 2.68. The summed E-state index contributed by atoms with van der Waals surface area (Å²) in [5.74, 6) is -8.35. The van der Waals surface area contributed by atoms with Crippen LogP contribution < -0.4 is 0 Å². The van der Waals surface area contributed by atoms with Crippen molar-refractivity contribution >= 4 is 55.7 Å². The van der Waals surface area contributed by atoms with E-state index in [9.17, 15) is 29.4 Å². The van der Waals surface area contributed by atoms with Gasteiger partial charge >= 0.3 is 23.9 Å². The van der Waals surface area contributed by atoms with Crippen molar-refractivity contribution in [2.75, 3.05) is 28.4 Å². The first-order valence-electron chi connectivity index (χ1n) is 8.06. The molecule has 12 heteroatoms. The van der Waals surface area contributed by atoms with Gasteiger partial charge in [-0.05, 0) is 6.42 Å². The van der Waals surface area contributed by atoms with E-state index in [1.807, 2.05) is 0 Å². The van der Waals surface area contributed by atoms with Gasteiger partial charge in [0, 0.05) is 11.8 Å². The molecule has 0 aromatic heterocycles. The number of rotatable bonds is 4. The third kappa shape index (κ3) is 3.03. The van der Waals surface area contributed by atoms with Gasteiger partial charge in [-0.15, -0.1) is 0 Å². The molecule has 0 radical (unpaired) electrons. The Bertz CT molecular complexity index is 779. The molecule has 2 N–H and O–H groups in total. The van der Waals surface area contributed by atoms with Gasteiger partial charge in [0.05, 0.1) is 39.6 Å². The van der Waals surface area contributed by atoms with E-state index in [1.54, 1.807) is 0 Å². The molecule has 0 saturated carbocycles. The fraction of sp³-hybridized carbons (Fsp3) is 0.529. The van der Waals surface area contributed by atoms with Crippen molar-refractivity contribution in [3.63, 3.8) is 0 Å². The van der Waals surface area contributed by atoms with Crippen molar-refractivity contribution in [2.45, 2.75) is 15.1 Å². The van der Waals surface area contributed by atoms with Gasteiger partial charge in [-0.2, -0.15) is 0 Å². The number of aliphatic hydroxyl groups excluding tert-OH is 2. The first-order chi connectivity index (χ1) is 13.5. The number of fused-ring (bicyclic) bond motifs is 2. The number of carbonyl (C=O) groups excluding carboxylic acids is 4. The Balaban J connectivity index is 2.98. The smallest absolute Gasteiger partial charge is 0.337 e. The number of alkyl halides is 2. The van der Waals surface area contributed by atoms with Gasteiger partial charge in [-0.1, -0.05) is 31.9 Å². The molecule has 4 atom stereocenters. The first-order valence-corrected chi connectivity index (χ1v) is 9.65. The monoisotopic (exact) mass is 540 g/mol. The summed E-state index contributed by atoms with van der Waals surface area (Å²) in [6, 6.07) is 0. The lowest BCUT2D eigenvalue weighted by Crippen LogP contribution is -2.59. The van der Waals surface area contributed by atoms with Gasteiger partial charge in [0.2, 0.25) is 0 Å². The van der Waals surface area contributed by atoms with E-state index in [-0.39, 0.29) is 6.42 Å². The topological polar surface area (TPSA) is 146 Å². The van der Waals surface area contributed by atoms with Crippen LogP contribution in [-0.2, 0) is 38.1 Å². The minimum atomic E-state index is -2.12. The summed E-state index contributed by atoms with van der Waals surface area (Å²) in [6.45, 7) is 0. The summed E-state index contributed by atoms with van der Waals surface area (Å²) in [5, 5.41) is 21.9. The summed E-state index contributed by atoms with van der Waals surface area (Å²) in [6.07, 6.45) is -0.232. The SMILES string of the molecule is COC(=O)C1=C(O)C(Br)(C(=O)OC)[C@H]2C[C@@H]1C(Br)(C(=O)OC)C(O)=C2C(=O)OC. The number of ether oxygens (including phenoxy) is 4. The van der Waals surface area contributed by atoms with Crippen LogP contribution in [0.15, 0.2) is 22.7 Å². The molecule has 0 amide bonds. The van der Waals surface area contributed by atoms with Crippen LogP contribution in [-0.4, -0.2) is 71.2 Å². The minimum absolute atomic E-state index is 0.232. The number of hydrogen-bond acceptors (Lipinski definition) is 10. The zero-order valence-electron chi connectivity index (χ0n) is 15.8. The molecule has 0 heterocycles. The maximum atomic E-state index is 12.6. The average molecular weight is 542 g/mol. The summed E-state index contributed by atoms with van der Waals surface area (Å²) in [4.78, 5) is 50.1. The molecule has 0 spiro atoms. The molecular formula is C17H18Br2O10. The summed E-state index contributed by atoms with van der Waals surface area (Å²) < 4.78 is 14.6. The molecule has 0 saturated heterocycles. The van der Waals surface area contributed by atoms with Crippen LogP contribution in [0.2, 0.25) is 0 Å². The molecule has 10 nitrogen and oxygen atoms in total. The second kappa shape index (κ2) is 7.98. The molecule has 29 heavy (non-hydrogen) atoms. The van der Waals surface area contributed by atoms with Gasteiger partial charge in [-0.3, -0.25) is 9.59 Å². The highest BCUT2D eigenvalue weighted by Crippen LogP contribution is 2.59. The van der Waals surface area contributed by atoms with Crippen molar-refractivity contribution in [1.29, 1.82) is 0 Å². The predicted octanol–water partition coefficient (Wildman–Crippen LogP) is 1.22. The quantitative estimate of drug-likeness (QED) is 0.302. The van der Waals surface area contributed by atoms with Crippen molar-refractivity contribution < 1.29 is 48.3 Å². The zero-order chi connectivity index (χ0) is 22.3. The van der Waals surface area contributed by atoms with Crippen LogP contribution in [0.1, 0.15) is 6.42 Å². The average Bonchev–Trinajstić information content (AvgIpc) is 2.72. The maximum absolute atomic E-state index is 12.6. The lowest BCUT2D eigenvalue weighted by Gasteiger charge is -2.48. The molecule has 2 rings (SSSR count). The maximum Gasteiger partial charge on any atom is 0.337 e. The van der Waals surface area contributed by atoms with E-state index in [2.05, 4.69) is 31.9 Å². The van der Waals surface area contributed by atoms with Gasteiger partial charge in [-0.25, -0.2) is 9.59 Å². The number of methoxy groups -OCH3 is 4. The van der Waals surface area contributed by atoms with Crippen molar-refractivity contribution in [2.24, 2.45) is 11.8 Å². The van der Waals surface area contributed by atoms with E-state index in [0.29, 0.717) is 0 Å².